The quantitative estimate of drug-likeness (QED) is 0.638. The van der Waals surface area contributed by atoms with Crippen LogP contribution in [0.4, 0.5) is 0 Å². The Morgan fingerprint density at radius 2 is 1.86 bits per heavy atom. The summed E-state index contributed by atoms with van der Waals surface area (Å²) in [6, 6.07) is 4.58. The minimum absolute atomic E-state index is 0.442. The Kier molecular flexibility index (Phi) is 8.86. The third-order valence-corrected chi connectivity index (χ3v) is 4.49. The summed E-state index contributed by atoms with van der Waals surface area (Å²) >= 11 is 7.12. The lowest BCUT2D eigenvalue weighted by Crippen LogP contribution is -2.38. The molecule has 0 aromatic heterocycles. The number of hydrogen-bond donors (Lipinski definition) is 1. The maximum absolute atomic E-state index is 5.76. The molecule has 1 rings (SSSR count). The normalized spacial score (nSPS) is 12.7. The molecule has 1 unspecified atom stereocenters. The van der Waals surface area contributed by atoms with Crippen molar-refractivity contribution in [1.29, 1.82) is 0 Å². The molecule has 0 spiro atoms. The number of nitrogens with zero attached hydrogens (tertiary/aromatic N) is 1. The fourth-order valence-electron chi connectivity index (χ4n) is 2.27. The second kappa shape index (κ2) is 9.82. The average molecular weight is 422 g/mol. The summed E-state index contributed by atoms with van der Waals surface area (Å²) < 4.78 is 7.81. The van der Waals surface area contributed by atoms with Crippen LogP contribution in [0.3, 0.4) is 0 Å². The van der Waals surface area contributed by atoms with E-state index in [-0.39, 0.29) is 0 Å². The van der Waals surface area contributed by atoms with Crippen LogP contribution in [0.25, 0.3) is 0 Å². The van der Waals surface area contributed by atoms with Gasteiger partial charge in [0.1, 0.15) is 5.75 Å². The van der Waals surface area contributed by atoms with E-state index in [9.17, 15) is 0 Å². The van der Waals surface area contributed by atoms with Crippen LogP contribution in [0.5, 0.6) is 5.75 Å². The van der Waals surface area contributed by atoms with Crippen molar-refractivity contribution in [2.45, 2.75) is 40.3 Å². The summed E-state index contributed by atoms with van der Waals surface area (Å²) in [7, 11) is 0. The van der Waals surface area contributed by atoms with Gasteiger partial charge >= 0.3 is 0 Å². The van der Waals surface area contributed by atoms with Crippen LogP contribution in [0, 0.1) is 0 Å². The zero-order valence-electron chi connectivity index (χ0n) is 13.4. The van der Waals surface area contributed by atoms with Crippen LogP contribution in [0.15, 0.2) is 21.1 Å². The van der Waals surface area contributed by atoms with E-state index in [2.05, 4.69) is 68.9 Å². The van der Waals surface area contributed by atoms with Gasteiger partial charge < -0.3 is 15.0 Å². The molecule has 1 N–H and O–H groups in total. The number of hydrogen-bond acceptors (Lipinski definition) is 3. The van der Waals surface area contributed by atoms with Crippen LogP contribution in [0.2, 0.25) is 0 Å². The van der Waals surface area contributed by atoms with E-state index in [1.807, 2.05) is 13.0 Å². The second-order valence-electron chi connectivity index (χ2n) is 5.08. The third-order valence-electron chi connectivity index (χ3n) is 3.44. The van der Waals surface area contributed by atoms with Gasteiger partial charge in [0, 0.05) is 29.2 Å². The van der Waals surface area contributed by atoms with Crippen molar-refractivity contribution < 1.29 is 4.74 Å². The molecule has 0 saturated heterocycles. The van der Waals surface area contributed by atoms with Crippen molar-refractivity contribution in [2.24, 2.45) is 0 Å². The molecule has 1 aromatic rings. The monoisotopic (exact) mass is 420 g/mol. The van der Waals surface area contributed by atoms with Crippen LogP contribution in [-0.2, 0) is 6.54 Å². The van der Waals surface area contributed by atoms with E-state index in [1.54, 1.807) is 0 Å². The maximum Gasteiger partial charge on any atom is 0.138 e. The van der Waals surface area contributed by atoms with E-state index < -0.39 is 0 Å². The van der Waals surface area contributed by atoms with Gasteiger partial charge in [0.15, 0.2) is 0 Å². The molecule has 0 heterocycles. The first kappa shape index (κ1) is 18.9. The Bertz CT molecular complexity index is 437. The van der Waals surface area contributed by atoms with Gasteiger partial charge in [0.2, 0.25) is 0 Å². The molecular formula is C16H26Br2N2O. The van der Waals surface area contributed by atoms with Crippen molar-refractivity contribution in [3.8, 4) is 5.75 Å². The van der Waals surface area contributed by atoms with Crippen LogP contribution in [0.1, 0.15) is 33.3 Å². The summed E-state index contributed by atoms with van der Waals surface area (Å²) in [6.07, 6.45) is 0. The van der Waals surface area contributed by atoms with E-state index in [1.165, 1.54) is 5.56 Å². The molecule has 1 atom stereocenters. The molecule has 0 aliphatic rings. The molecule has 0 amide bonds. The highest BCUT2D eigenvalue weighted by Crippen LogP contribution is 2.33. The molecule has 0 fully saturated rings. The summed E-state index contributed by atoms with van der Waals surface area (Å²) in [5.74, 6) is 0.934. The van der Waals surface area contributed by atoms with Gasteiger partial charge in [-0.15, -0.1) is 0 Å². The van der Waals surface area contributed by atoms with Crippen molar-refractivity contribution in [3.05, 3.63) is 26.6 Å². The molecule has 21 heavy (non-hydrogen) atoms. The first-order chi connectivity index (χ1) is 10.0. The van der Waals surface area contributed by atoms with Gasteiger partial charge in [-0.1, -0.05) is 29.8 Å². The summed E-state index contributed by atoms with van der Waals surface area (Å²) in [5, 5.41) is 3.59. The molecule has 0 aliphatic heterocycles. The summed E-state index contributed by atoms with van der Waals surface area (Å²) in [5.41, 5.74) is 1.17. The summed E-state index contributed by atoms with van der Waals surface area (Å²) in [4.78, 5) is 2.43. The zero-order chi connectivity index (χ0) is 15.8. The van der Waals surface area contributed by atoms with E-state index in [0.717, 1.165) is 40.9 Å². The van der Waals surface area contributed by atoms with E-state index in [0.29, 0.717) is 12.6 Å². The van der Waals surface area contributed by atoms with E-state index >= 15 is 0 Å². The number of nitrogens with one attached hydrogen (secondary N) is 1. The van der Waals surface area contributed by atoms with Crippen molar-refractivity contribution in [1.82, 2.24) is 10.2 Å². The first-order valence-electron chi connectivity index (χ1n) is 7.58. The van der Waals surface area contributed by atoms with E-state index in [4.69, 9.17) is 4.74 Å². The predicted octanol–water partition coefficient (Wildman–Crippen LogP) is 4.43. The average Bonchev–Trinajstić information content (AvgIpc) is 2.45. The SMILES string of the molecule is CCOc1c(Br)cc(Br)cc1CNC(C)CN(CC)CC. The Morgan fingerprint density at radius 1 is 1.19 bits per heavy atom. The van der Waals surface area contributed by atoms with Gasteiger partial charge in [-0.2, -0.15) is 0 Å². The number of halogens is 2. The molecule has 3 nitrogen and oxygen atoms in total. The first-order valence-corrected chi connectivity index (χ1v) is 9.16. The lowest BCUT2D eigenvalue weighted by Gasteiger charge is -2.24. The topological polar surface area (TPSA) is 24.5 Å². The second-order valence-corrected chi connectivity index (χ2v) is 6.85. The molecule has 120 valence electrons. The van der Waals surface area contributed by atoms with Crippen molar-refractivity contribution >= 4 is 31.9 Å². The highest BCUT2D eigenvalue weighted by Gasteiger charge is 2.12. The number of benzene rings is 1. The molecule has 1 aromatic carbocycles. The Labute approximate surface area is 145 Å². The number of likely N-dealkylation sites (N-methyl/N-ethyl adjacent to an activating group) is 1. The predicted molar refractivity (Wildman–Crippen MR) is 97.1 cm³/mol. The fraction of sp³-hybridized carbons (Fsp3) is 0.625. The maximum atomic E-state index is 5.76. The Hall–Kier alpha value is -0.100. The molecule has 0 radical (unpaired) electrons. The fourth-order valence-corrected chi connectivity index (χ4v) is 3.70. The minimum Gasteiger partial charge on any atom is -0.492 e. The summed E-state index contributed by atoms with van der Waals surface area (Å²) in [6.45, 7) is 13.4. The lowest BCUT2D eigenvalue weighted by molar-refractivity contribution is 0.269. The van der Waals surface area contributed by atoms with Gasteiger partial charge in [0.25, 0.3) is 0 Å². The van der Waals surface area contributed by atoms with Gasteiger partial charge in [-0.3, -0.25) is 0 Å². The van der Waals surface area contributed by atoms with Crippen LogP contribution >= 0.6 is 31.9 Å². The zero-order valence-corrected chi connectivity index (χ0v) is 16.6. The van der Waals surface area contributed by atoms with Gasteiger partial charge in [-0.05, 0) is 55.0 Å². The molecule has 5 heteroatoms. The molecule has 0 bridgehead atoms. The largest absolute Gasteiger partial charge is 0.492 e. The highest BCUT2D eigenvalue weighted by molar-refractivity contribution is 9.11. The standard InChI is InChI=1S/C16H26Br2N2O/c1-5-20(6-2)11-12(4)19-10-13-8-14(17)9-15(18)16(13)21-7-3/h8-9,12,19H,5-7,10-11H2,1-4H3. The van der Waals surface area contributed by atoms with Gasteiger partial charge in [-0.25, -0.2) is 0 Å². The molecule has 0 saturated carbocycles. The number of ether oxygens (including phenoxy) is 1. The smallest absolute Gasteiger partial charge is 0.138 e. The van der Waals surface area contributed by atoms with Crippen molar-refractivity contribution in [2.75, 3.05) is 26.2 Å². The Balaban J connectivity index is 2.69. The molecule has 0 aliphatic carbocycles. The third kappa shape index (κ3) is 6.27. The highest BCUT2D eigenvalue weighted by atomic mass is 79.9. The lowest BCUT2D eigenvalue weighted by atomic mass is 10.2. The Morgan fingerprint density at radius 3 is 2.43 bits per heavy atom. The van der Waals surface area contributed by atoms with Gasteiger partial charge in [0.05, 0.1) is 11.1 Å². The van der Waals surface area contributed by atoms with Crippen LogP contribution in [-0.4, -0.2) is 37.2 Å². The minimum atomic E-state index is 0.442. The van der Waals surface area contributed by atoms with Crippen molar-refractivity contribution in [3.63, 3.8) is 0 Å². The van der Waals surface area contributed by atoms with Crippen LogP contribution < -0.4 is 10.1 Å². The number of rotatable bonds is 9. The molecular weight excluding hydrogens is 396 g/mol.